The lowest BCUT2D eigenvalue weighted by atomic mass is 10.0. The van der Waals surface area contributed by atoms with Crippen LogP contribution in [0.3, 0.4) is 0 Å². The molecule has 0 atom stereocenters. The minimum absolute atomic E-state index is 0.329. The zero-order chi connectivity index (χ0) is 12.3. The molecule has 1 aromatic rings. The van der Waals surface area contributed by atoms with Gasteiger partial charge in [0.1, 0.15) is 5.75 Å². The van der Waals surface area contributed by atoms with E-state index in [0.29, 0.717) is 5.75 Å². The van der Waals surface area contributed by atoms with Crippen molar-refractivity contribution < 1.29 is 18.9 Å². The van der Waals surface area contributed by atoms with E-state index in [9.17, 15) is 4.57 Å². The van der Waals surface area contributed by atoms with Crippen molar-refractivity contribution in [2.75, 3.05) is 0 Å². The Morgan fingerprint density at radius 1 is 1.25 bits per heavy atom. The molecule has 0 aliphatic rings. The molecular weight excluding hydrogens is 227 g/mol. The first-order chi connectivity index (χ1) is 7.35. The van der Waals surface area contributed by atoms with Gasteiger partial charge in [0.15, 0.2) is 0 Å². The lowest BCUT2D eigenvalue weighted by molar-refractivity contribution is 0.281. The van der Waals surface area contributed by atoms with E-state index >= 15 is 0 Å². The van der Waals surface area contributed by atoms with Crippen LogP contribution in [0.5, 0.6) is 5.75 Å². The molecule has 0 spiro atoms. The highest BCUT2D eigenvalue weighted by Crippen LogP contribution is 2.41. The molecule has 0 aliphatic heterocycles. The van der Waals surface area contributed by atoms with Gasteiger partial charge in [-0.25, -0.2) is 4.57 Å². The largest absolute Gasteiger partial charge is 0.524 e. The van der Waals surface area contributed by atoms with Gasteiger partial charge >= 0.3 is 7.82 Å². The van der Waals surface area contributed by atoms with Crippen molar-refractivity contribution in [3.8, 4) is 5.75 Å². The van der Waals surface area contributed by atoms with Crippen molar-refractivity contribution in [2.45, 2.75) is 33.6 Å². The average Bonchev–Trinajstić information content (AvgIpc) is 2.15. The highest BCUT2D eigenvalue weighted by atomic mass is 31.2. The fourth-order valence-corrected chi connectivity index (χ4v) is 2.14. The van der Waals surface area contributed by atoms with Crippen molar-refractivity contribution in [1.82, 2.24) is 0 Å². The Morgan fingerprint density at radius 2 is 1.81 bits per heavy atom. The van der Waals surface area contributed by atoms with Crippen LogP contribution < -0.4 is 4.52 Å². The van der Waals surface area contributed by atoms with Crippen molar-refractivity contribution in [2.24, 2.45) is 0 Å². The molecule has 0 bridgehead atoms. The SMILES string of the molecule is CCCc1c(C)ccc(C)c1OP(=O)(O)O. The van der Waals surface area contributed by atoms with Gasteiger partial charge in [-0.15, -0.1) is 0 Å². The molecule has 0 unspecified atom stereocenters. The second-order valence-corrected chi connectivity index (χ2v) is 5.00. The van der Waals surface area contributed by atoms with Crippen molar-refractivity contribution in [3.63, 3.8) is 0 Å². The lowest BCUT2D eigenvalue weighted by Gasteiger charge is -2.16. The maximum absolute atomic E-state index is 10.9. The molecular formula is C11H17O4P. The van der Waals surface area contributed by atoms with E-state index < -0.39 is 7.82 Å². The fourth-order valence-electron chi connectivity index (χ4n) is 1.65. The molecule has 5 heteroatoms. The third-order valence-electron chi connectivity index (χ3n) is 2.40. The summed E-state index contributed by atoms with van der Waals surface area (Å²) in [6, 6.07) is 3.74. The number of phosphoric acid groups is 1. The van der Waals surface area contributed by atoms with Crippen molar-refractivity contribution in [3.05, 3.63) is 28.8 Å². The Labute approximate surface area is 95.5 Å². The summed E-state index contributed by atoms with van der Waals surface area (Å²) in [6.45, 7) is 5.71. The Hall–Kier alpha value is -0.830. The number of hydrogen-bond acceptors (Lipinski definition) is 2. The molecule has 1 aromatic carbocycles. The van der Waals surface area contributed by atoms with Crippen LogP contribution in [-0.4, -0.2) is 9.79 Å². The zero-order valence-corrected chi connectivity index (χ0v) is 10.6. The minimum atomic E-state index is -4.49. The van der Waals surface area contributed by atoms with Crippen LogP contribution in [0.1, 0.15) is 30.0 Å². The first-order valence-electron chi connectivity index (χ1n) is 5.19. The normalized spacial score (nSPS) is 11.6. The van der Waals surface area contributed by atoms with Crippen LogP contribution in [0.15, 0.2) is 12.1 Å². The smallest absolute Gasteiger partial charge is 0.404 e. The predicted octanol–water partition coefficient (Wildman–Crippen LogP) is 2.73. The second kappa shape index (κ2) is 5.00. The fraction of sp³-hybridized carbons (Fsp3) is 0.455. The topological polar surface area (TPSA) is 66.8 Å². The standard InChI is InChI=1S/C11H17O4P/c1-4-5-10-8(2)6-7-9(3)11(10)15-16(12,13)14/h6-7H,4-5H2,1-3H3,(H2,12,13,14). The maximum Gasteiger partial charge on any atom is 0.524 e. The van der Waals surface area contributed by atoms with E-state index in [1.165, 1.54) is 0 Å². The molecule has 0 fully saturated rings. The molecule has 0 amide bonds. The van der Waals surface area contributed by atoms with Gasteiger partial charge in [-0.3, -0.25) is 9.79 Å². The Morgan fingerprint density at radius 3 is 2.31 bits per heavy atom. The van der Waals surface area contributed by atoms with E-state index in [-0.39, 0.29) is 0 Å². The molecule has 0 radical (unpaired) electrons. The van der Waals surface area contributed by atoms with Crippen LogP contribution in [0.2, 0.25) is 0 Å². The highest BCUT2D eigenvalue weighted by molar-refractivity contribution is 7.46. The number of rotatable bonds is 4. The molecule has 0 aromatic heterocycles. The maximum atomic E-state index is 10.9. The summed E-state index contributed by atoms with van der Waals surface area (Å²) < 4.78 is 15.7. The van der Waals surface area contributed by atoms with Crippen LogP contribution >= 0.6 is 7.82 Å². The summed E-state index contributed by atoms with van der Waals surface area (Å²) in [6.07, 6.45) is 1.66. The van der Waals surface area contributed by atoms with E-state index in [2.05, 4.69) is 0 Å². The summed E-state index contributed by atoms with van der Waals surface area (Å²) in [5, 5.41) is 0. The van der Waals surface area contributed by atoms with Gasteiger partial charge < -0.3 is 4.52 Å². The van der Waals surface area contributed by atoms with Gasteiger partial charge in [-0.2, -0.15) is 0 Å². The van der Waals surface area contributed by atoms with Gasteiger partial charge in [0, 0.05) is 0 Å². The first kappa shape index (κ1) is 13.2. The third-order valence-corrected chi connectivity index (χ3v) is 2.82. The monoisotopic (exact) mass is 244 g/mol. The molecule has 0 saturated heterocycles. The molecule has 1 rings (SSSR count). The number of hydrogen-bond donors (Lipinski definition) is 2. The second-order valence-electron chi connectivity index (χ2n) is 3.84. The van der Waals surface area contributed by atoms with Gasteiger partial charge in [-0.05, 0) is 37.0 Å². The number of aryl methyl sites for hydroxylation is 2. The molecule has 2 N–H and O–H groups in total. The van der Waals surface area contributed by atoms with Crippen LogP contribution in [0.25, 0.3) is 0 Å². The molecule has 0 heterocycles. The molecule has 0 aliphatic carbocycles. The van der Waals surface area contributed by atoms with Crippen molar-refractivity contribution in [1.29, 1.82) is 0 Å². The summed E-state index contributed by atoms with van der Waals surface area (Å²) in [4.78, 5) is 17.7. The summed E-state index contributed by atoms with van der Waals surface area (Å²) in [5.74, 6) is 0.329. The average molecular weight is 244 g/mol. The van der Waals surface area contributed by atoms with Gasteiger partial charge in [0.2, 0.25) is 0 Å². The summed E-state index contributed by atoms with van der Waals surface area (Å²) >= 11 is 0. The number of phosphoric ester groups is 1. The molecule has 0 saturated carbocycles. The Kier molecular flexibility index (Phi) is 4.14. The van der Waals surface area contributed by atoms with Crippen LogP contribution in [0.4, 0.5) is 0 Å². The zero-order valence-electron chi connectivity index (χ0n) is 9.73. The van der Waals surface area contributed by atoms with E-state index in [1.54, 1.807) is 13.0 Å². The summed E-state index contributed by atoms with van der Waals surface area (Å²) in [7, 11) is -4.49. The Balaban J connectivity index is 3.23. The van der Waals surface area contributed by atoms with Gasteiger partial charge in [0.25, 0.3) is 0 Å². The molecule has 90 valence electrons. The van der Waals surface area contributed by atoms with Crippen LogP contribution in [-0.2, 0) is 11.0 Å². The van der Waals surface area contributed by atoms with E-state index in [1.807, 2.05) is 19.9 Å². The van der Waals surface area contributed by atoms with Crippen LogP contribution in [0, 0.1) is 13.8 Å². The van der Waals surface area contributed by atoms with Gasteiger partial charge in [0.05, 0.1) is 0 Å². The molecule has 16 heavy (non-hydrogen) atoms. The lowest BCUT2D eigenvalue weighted by Crippen LogP contribution is -2.00. The van der Waals surface area contributed by atoms with Gasteiger partial charge in [-0.1, -0.05) is 25.5 Å². The van der Waals surface area contributed by atoms with E-state index in [0.717, 1.165) is 29.5 Å². The number of benzene rings is 1. The first-order valence-corrected chi connectivity index (χ1v) is 6.72. The molecule has 4 nitrogen and oxygen atoms in total. The quantitative estimate of drug-likeness (QED) is 0.799. The predicted molar refractivity (Wildman–Crippen MR) is 62.6 cm³/mol. The third kappa shape index (κ3) is 3.34. The van der Waals surface area contributed by atoms with Crippen molar-refractivity contribution >= 4 is 7.82 Å². The van der Waals surface area contributed by atoms with E-state index in [4.69, 9.17) is 14.3 Å². The summed E-state index contributed by atoms with van der Waals surface area (Å²) in [5.41, 5.74) is 2.62. The Bertz CT molecular complexity index is 422. The minimum Gasteiger partial charge on any atom is -0.404 e. The highest BCUT2D eigenvalue weighted by Gasteiger charge is 2.20.